The van der Waals surface area contributed by atoms with E-state index < -0.39 is 29.9 Å². The molecule has 2 saturated heterocycles. The van der Waals surface area contributed by atoms with Crippen LogP contribution < -0.4 is 10.6 Å². The van der Waals surface area contributed by atoms with Crippen LogP contribution in [-0.2, 0) is 23.7 Å². The molecule has 4 aliphatic heterocycles. The lowest BCUT2D eigenvalue weighted by Crippen LogP contribution is -2.35. The minimum Gasteiger partial charge on any atom is -0.386 e. The second-order valence-electron chi connectivity index (χ2n) is 16.5. The Labute approximate surface area is 332 Å². The minimum absolute atomic E-state index is 0.0515. The summed E-state index contributed by atoms with van der Waals surface area (Å²) in [5.41, 5.74) is 7.27. The maximum Gasteiger partial charge on any atom is 0.252 e. The Morgan fingerprint density at radius 3 is 1.62 bits per heavy atom. The summed E-state index contributed by atoms with van der Waals surface area (Å²) in [6.45, 7) is 19.2. The first kappa shape index (κ1) is 42.9. The van der Waals surface area contributed by atoms with Gasteiger partial charge in [-0.3, -0.25) is 14.4 Å². The number of amides is 2. The van der Waals surface area contributed by atoms with Gasteiger partial charge in [0.2, 0.25) is 0 Å². The van der Waals surface area contributed by atoms with Crippen molar-refractivity contribution in [2.45, 2.75) is 149 Å². The number of rotatable bonds is 0. The Morgan fingerprint density at radius 2 is 1.07 bits per heavy atom. The molecule has 10 nitrogen and oxygen atoms in total. The molecule has 7 atom stereocenters. The summed E-state index contributed by atoms with van der Waals surface area (Å²) in [7, 11) is 0. The molecule has 3 unspecified atom stereocenters. The van der Waals surface area contributed by atoms with E-state index in [4.69, 9.17) is 18.9 Å². The van der Waals surface area contributed by atoms with Crippen LogP contribution in [0, 0.1) is 27.7 Å². The van der Waals surface area contributed by atoms with E-state index in [1.165, 1.54) is 0 Å². The van der Waals surface area contributed by atoms with Gasteiger partial charge in [-0.05, 0) is 123 Å². The maximum absolute atomic E-state index is 12.9. The van der Waals surface area contributed by atoms with Crippen LogP contribution in [0.25, 0.3) is 12.2 Å². The number of hydrogen-bond donors (Lipinski definition) is 3. The second kappa shape index (κ2) is 17.9. The van der Waals surface area contributed by atoms with Gasteiger partial charge >= 0.3 is 0 Å². The van der Waals surface area contributed by atoms with Crippen LogP contribution in [-0.4, -0.2) is 76.9 Å². The largest absolute Gasteiger partial charge is 0.386 e. The minimum atomic E-state index is -0.795. The lowest BCUT2D eigenvalue weighted by atomic mass is 9.96. The third-order valence-electron chi connectivity index (χ3n) is 10.2. The molecule has 0 bridgehead atoms. The summed E-state index contributed by atoms with van der Waals surface area (Å²) in [6, 6.07) is 7.94. The van der Waals surface area contributed by atoms with Gasteiger partial charge in [0.25, 0.3) is 11.8 Å². The Bertz CT molecular complexity index is 1910. The molecule has 2 amide bonds. The summed E-state index contributed by atoms with van der Waals surface area (Å²) in [5.74, 6) is -1.80. The summed E-state index contributed by atoms with van der Waals surface area (Å²) in [4.78, 5) is 38.4. The van der Waals surface area contributed by atoms with Crippen molar-refractivity contribution in [1.82, 2.24) is 10.6 Å². The van der Waals surface area contributed by atoms with Crippen LogP contribution in [0.2, 0.25) is 0 Å². The second-order valence-corrected chi connectivity index (χ2v) is 16.5. The number of ether oxygens (including phenoxy) is 4. The highest BCUT2D eigenvalue weighted by Gasteiger charge is 2.44. The van der Waals surface area contributed by atoms with E-state index in [9.17, 15) is 19.5 Å². The maximum atomic E-state index is 12.9. The monoisotopic (exact) mass is 768 g/mol. The number of fused-ring (bicyclic) bond motifs is 4. The third-order valence-corrected chi connectivity index (χ3v) is 10.2. The van der Waals surface area contributed by atoms with Gasteiger partial charge in [-0.25, -0.2) is 0 Å². The molecule has 4 heterocycles. The molecule has 2 aromatic rings. The Morgan fingerprint density at radius 1 is 0.607 bits per heavy atom. The van der Waals surface area contributed by atoms with Gasteiger partial charge in [-0.1, -0.05) is 77.9 Å². The summed E-state index contributed by atoms with van der Waals surface area (Å²) in [5, 5.41) is 16.7. The first-order chi connectivity index (χ1) is 26.3. The average molecular weight is 769 g/mol. The molecule has 0 spiro atoms. The molecular weight excluding hydrogens is 709 g/mol. The van der Waals surface area contributed by atoms with Crippen LogP contribution in [0.4, 0.5) is 0 Å². The van der Waals surface area contributed by atoms with Crippen LogP contribution in [0.1, 0.15) is 121 Å². The number of carbonyl (C=O) groups excluding carboxylic acids is 3. The van der Waals surface area contributed by atoms with E-state index in [0.717, 1.165) is 33.4 Å². The van der Waals surface area contributed by atoms with E-state index in [1.807, 2.05) is 124 Å². The van der Waals surface area contributed by atoms with Gasteiger partial charge in [0.1, 0.15) is 18.3 Å². The standard InChI is InChI=1S/C23H31NO4.C23H29NO4/c2*1-14-12-15(2)20-17(13-14)9-7-11-19-21(28-23(4,5)27-19)18(25)10-6-8-16(3)24-22(20)26/h6-7,9-10,12-13,16,18-19,21,25H,8,11H2,1-5H3,(H,24,26);6-7,9-10,12-13,16,19,21H,8,11H2,1-5H3,(H,24,26)/b2*9-7+,10-6-/t16?,18?,19-,21+;16?,19-,21+/m00/s1. The van der Waals surface area contributed by atoms with Gasteiger partial charge in [-0.2, -0.15) is 0 Å². The van der Waals surface area contributed by atoms with E-state index in [-0.39, 0.29) is 41.9 Å². The van der Waals surface area contributed by atoms with Crippen LogP contribution in [0.15, 0.2) is 60.7 Å². The highest BCUT2D eigenvalue weighted by Crippen LogP contribution is 2.34. The number of aliphatic hydroxyl groups is 1. The summed E-state index contributed by atoms with van der Waals surface area (Å²) >= 11 is 0. The van der Waals surface area contributed by atoms with E-state index >= 15 is 0 Å². The number of ketones is 1. The topological polar surface area (TPSA) is 132 Å². The van der Waals surface area contributed by atoms with Crippen molar-refractivity contribution in [3.8, 4) is 0 Å². The highest BCUT2D eigenvalue weighted by atomic mass is 16.8. The number of carbonyl (C=O) groups is 3. The Balaban J connectivity index is 0.000000214. The van der Waals surface area contributed by atoms with Gasteiger partial charge < -0.3 is 34.7 Å². The van der Waals surface area contributed by atoms with E-state index in [1.54, 1.807) is 18.2 Å². The smallest absolute Gasteiger partial charge is 0.252 e. The number of aryl methyl sites for hydroxylation is 4. The molecule has 302 valence electrons. The molecule has 0 aromatic heterocycles. The van der Waals surface area contributed by atoms with E-state index in [0.29, 0.717) is 36.8 Å². The van der Waals surface area contributed by atoms with Gasteiger partial charge in [0.15, 0.2) is 17.4 Å². The Kier molecular flexibility index (Phi) is 13.8. The lowest BCUT2D eigenvalue weighted by Gasteiger charge is -2.20. The van der Waals surface area contributed by atoms with Gasteiger partial charge in [0, 0.05) is 23.2 Å². The predicted octanol–water partition coefficient (Wildman–Crippen LogP) is 7.54. The first-order valence-corrected chi connectivity index (χ1v) is 19.8. The number of nitrogens with one attached hydrogen (secondary N) is 2. The zero-order chi connectivity index (χ0) is 40.9. The molecule has 56 heavy (non-hydrogen) atoms. The number of hydrogen-bond acceptors (Lipinski definition) is 8. The molecule has 3 N–H and O–H groups in total. The van der Waals surface area contributed by atoms with Crippen LogP contribution in [0.5, 0.6) is 0 Å². The molecule has 0 saturated carbocycles. The van der Waals surface area contributed by atoms with Gasteiger partial charge in [-0.15, -0.1) is 0 Å². The predicted molar refractivity (Wildman–Crippen MR) is 219 cm³/mol. The molecule has 10 heteroatoms. The SMILES string of the molecule is Cc1cc(C)c2c(c1)/C=C/C[C@@H]1OC(C)(C)O[C@@H]1C(=O)/C=C\CC(C)NC2=O.Cc1cc(C)c2c(c1)/C=C/C[C@@H]1OC(C)(C)O[C@@H]1C(O)/C=C\CC(C)NC2=O. The van der Waals surface area contributed by atoms with Crippen molar-refractivity contribution in [1.29, 1.82) is 0 Å². The van der Waals surface area contributed by atoms with Crippen molar-refractivity contribution in [3.05, 3.63) is 105 Å². The van der Waals surface area contributed by atoms with Crippen LogP contribution >= 0.6 is 0 Å². The summed E-state index contributed by atoms with van der Waals surface area (Å²) < 4.78 is 23.8. The van der Waals surface area contributed by atoms with Crippen molar-refractivity contribution < 1.29 is 38.4 Å². The fourth-order valence-electron chi connectivity index (χ4n) is 7.85. The van der Waals surface area contributed by atoms with Gasteiger partial charge in [0.05, 0.1) is 12.2 Å². The zero-order valence-corrected chi connectivity index (χ0v) is 34.6. The fourth-order valence-corrected chi connectivity index (χ4v) is 7.85. The Hall–Kier alpha value is -4.19. The number of benzene rings is 2. The highest BCUT2D eigenvalue weighted by molar-refractivity contribution is 6.00. The first-order valence-electron chi connectivity index (χ1n) is 19.8. The molecule has 2 fully saturated rings. The summed E-state index contributed by atoms with van der Waals surface area (Å²) in [6.07, 6.45) is 14.7. The molecule has 0 radical (unpaired) electrons. The van der Waals surface area contributed by atoms with Crippen molar-refractivity contribution in [2.75, 3.05) is 0 Å². The fraction of sp³-hybridized carbons (Fsp3) is 0.500. The van der Waals surface area contributed by atoms with E-state index in [2.05, 4.69) is 10.6 Å². The van der Waals surface area contributed by atoms with Crippen molar-refractivity contribution in [2.24, 2.45) is 0 Å². The average Bonchev–Trinajstić information content (AvgIpc) is 3.56. The van der Waals surface area contributed by atoms with Crippen molar-refractivity contribution >= 4 is 29.7 Å². The van der Waals surface area contributed by atoms with Crippen molar-refractivity contribution in [3.63, 3.8) is 0 Å². The molecule has 6 rings (SSSR count). The molecule has 4 aliphatic rings. The normalized spacial score (nSPS) is 31.3. The third kappa shape index (κ3) is 11.0. The number of aliphatic hydroxyl groups excluding tert-OH is 1. The molecule has 0 aliphatic carbocycles. The molecule has 2 aromatic carbocycles. The lowest BCUT2D eigenvalue weighted by molar-refractivity contribution is -0.152. The molecular formula is C46H60N2O8. The zero-order valence-electron chi connectivity index (χ0n) is 34.6. The van der Waals surface area contributed by atoms with Crippen LogP contribution in [0.3, 0.4) is 0 Å². The quantitative estimate of drug-likeness (QED) is 0.235.